The largest absolute Gasteiger partial charge is 0.495 e. The van der Waals surface area contributed by atoms with E-state index >= 15 is 0 Å². The van der Waals surface area contributed by atoms with Crippen LogP contribution in [0.5, 0.6) is 5.75 Å². The van der Waals surface area contributed by atoms with Gasteiger partial charge >= 0.3 is 0 Å². The third-order valence-electron chi connectivity index (χ3n) is 5.03. The number of pyridine rings is 1. The van der Waals surface area contributed by atoms with Gasteiger partial charge in [0.25, 0.3) is 5.91 Å². The molecule has 0 aliphatic carbocycles. The van der Waals surface area contributed by atoms with E-state index < -0.39 is 0 Å². The Labute approximate surface area is 167 Å². The predicted molar refractivity (Wildman–Crippen MR) is 113 cm³/mol. The number of methoxy groups -OCH3 is 1. The first-order valence-electron chi connectivity index (χ1n) is 9.95. The molecule has 6 nitrogen and oxygen atoms in total. The van der Waals surface area contributed by atoms with Gasteiger partial charge in [-0.1, -0.05) is 26.0 Å². The quantitative estimate of drug-likeness (QED) is 0.794. The van der Waals surface area contributed by atoms with Crippen molar-refractivity contribution < 1.29 is 9.53 Å². The number of aromatic nitrogens is 1. The second kappa shape index (κ2) is 9.44. The number of piperazine rings is 1. The summed E-state index contributed by atoms with van der Waals surface area (Å²) in [6.07, 6.45) is 2.86. The molecule has 1 aromatic heterocycles. The second-order valence-corrected chi connectivity index (χ2v) is 7.49. The van der Waals surface area contributed by atoms with Crippen LogP contribution in [-0.2, 0) is 0 Å². The number of anilines is 2. The molecule has 1 saturated heterocycles. The van der Waals surface area contributed by atoms with E-state index in [-0.39, 0.29) is 5.91 Å². The molecule has 2 aromatic rings. The van der Waals surface area contributed by atoms with Gasteiger partial charge in [-0.05, 0) is 36.6 Å². The fourth-order valence-electron chi connectivity index (χ4n) is 3.33. The van der Waals surface area contributed by atoms with Crippen molar-refractivity contribution >= 4 is 17.3 Å². The summed E-state index contributed by atoms with van der Waals surface area (Å²) in [5.41, 5.74) is 2.53. The van der Waals surface area contributed by atoms with Crippen molar-refractivity contribution in [2.24, 2.45) is 5.92 Å². The van der Waals surface area contributed by atoms with Gasteiger partial charge in [0.15, 0.2) is 0 Å². The number of ether oxygens (including phenoxy) is 1. The van der Waals surface area contributed by atoms with Gasteiger partial charge in [-0.25, -0.2) is 4.98 Å². The molecule has 0 atom stereocenters. The van der Waals surface area contributed by atoms with Crippen LogP contribution in [0.2, 0.25) is 0 Å². The van der Waals surface area contributed by atoms with Gasteiger partial charge in [0, 0.05) is 32.7 Å². The first kappa shape index (κ1) is 20.0. The van der Waals surface area contributed by atoms with Gasteiger partial charge in [0.05, 0.1) is 24.7 Å². The normalized spacial score (nSPS) is 14.3. The molecule has 0 saturated carbocycles. The molecule has 0 radical (unpaired) electrons. The Morgan fingerprint density at radius 2 is 1.89 bits per heavy atom. The number of carbonyl (C=O) groups excluding carboxylic acids is 1. The summed E-state index contributed by atoms with van der Waals surface area (Å²) in [6, 6.07) is 11.7. The first-order valence-corrected chi connectivity index (χ1v) is 9.95. The van der Waals surface area contributed by atoms with Crippen molar-refractivity contribution in [2.45, 2.75) is 20.3 Å². The van der Waals surface area contributed by atoms with Crippen LogP contribution < -0.4 is 15.0 Å². The average Bonchev–Trinajstić information content (AvgIpc) is 2.73. The van der Waals surface area contributed by atoms with Crippen molar-refractivity contribution in [1.29, 1.82) is 0 Å². The molecule has 6 heteroatoms. The number of nitrogens with zero attached hydrogens (tertiary/aromatic N) is 3. The minimum absolute atomic E-state index is 0.00610. The maximum Gasteiger partial charge on any atom is 0.272 e. The summed E-state index contributed by atoms with van der Waals surface area (Å²) in [5, 5.41) is 3.35. The van der Waals surface area contributed by atoms with Crippen LogP contribution in [0.4, 0.5) is 11.4 Å². The van der Waals surface area contributed by atoms with E-state index in [9.17, 15) is 4.79 Å². The Morgan fingerprint density at radius 1 is 1.14 bits per heavy atom. The van der Waals surface area contributed by atoms with Gasteiger partial charge in [-0.15, -0.1) is 0 Å². The molecular weight excluding hydrogens is 352 g/mol. The number of hydrogen-bond donors (Lipinski definition) is 1. The lowest BCUT2D eigenvalue weighted by Gasteiger charge is -2.36. The lowest BCUT2D eigenvalue weighted by atomic mass is 10.1. The Morgan fingerprint density at radius 3 is 2.54 bits per heavy atom. The topological polar surface area (TPSA) is 57.7 Å². The number of hydrogen-bond acceptors (Lipinski definition) is 5. The van der Waals surface area contributed by atoms with Crippen molar-refractivity contribution in [2.75, 3.05) is 50.1 Å². The number of nitrogens with one attached hydrogen (secondary N) is 1. The van der Waals surface area contributed by atoms with E-state index in [0.717, 1.165) is 43.2 Å². The van der Waals surface area contributed by atoms with Crippen molar-refractivity contribution in [3.63, 3.8) is 0 Å². The smallest absolute Gasteiger partial charge is 0.272 e. The zero-order valence-electron chi connectivity index (χ0n) is 17.0. The Bertz CT molecular complexity index is 768. The molecular formula is C22H30N4O2. The standard InChI is InChI=1S/C22H30N4O2/c1-17(2)10-11-23-18-8-9-19(24-16-18)22(27)26-14-12-25(13-15-26)20-6-4-5-7-21(20)28-3/h4-9,16-17,23H,10-15H2,1-3H3. The van der Waals surface area contributed by atoms with Crippen LogP contribution >= 0.6 is 0 Å². The summed E-state index contributed by atoms with van der Waals surface area (Å²) in [5.74, 6) is 1.52. The number of amides is 1. The lowest BCUT2D eigenvalue weighted by molar-refractivity contribution is 0.0741. The molecule has 2 heterocycles. The molecule has 3 rings (SSSR count). The Kier molecular flexibility index (Phi) is 6.74. The number of benzene rings is 1. The van der Waals surface area contributed by atoms with Crippen LogP contribution in [-0.4, -0.2) is 55.6 Å². The van der Waals surface area contributed by atoms with Crippen LogP contribution in [0, 0.1) is 5.92 Å². The van der Waals surface area contributed by atoms with E-state index in [1.54, 1.807) is 13.3 Å². The fraction of sp³-hybridized carbons (Fsp3) is 0.455. The van der Waals surface area contributed by atoms with E-state index in [1.807, 2.05) is 35.2 Å². The second-order valence-electron chi connectivity index (χ2n) is 7.49. The molecule has 1 aromatic carbocycles. The molecule has 0 spiro atoms. The zero-order chi connectivity index (χ0) is 19.9. The van der Waals surface area contributed by atoms with Crippen LogP contribution in [0.15, 0.2) is 42.6 Å². The third-order valence-corrected chi connectivity index (χ3v) is 5.03. The average molecular weight is 383 g/mol. The van der Waals surface area contributed by atoms with E-state index in [1.165, 1.54) is 0 Å². The van der Waals surface area contributed by atoms with Crippen LogP contribution in [0.3, 0.4) is 0 Å². The predicted octanol–water partition coefficient (Wildman–Crippen LogP) is 3.51. The fourth-order valence-corrected chi connectivity index (χ4v) is 3.33. The number of rotatable bonds is 7. The molecule has 1 fully saturated rings. The van der Waals surface area contributed by atoms with Gasteiger partial charge in [0.1, 0.15) is 11.4 Å². The molecule has 150 valence electrons. The molecule has 1 aliphatic heterocycles. The highest BCUT2D eigenvalue weighted by molar-refractivity contribution is 5.92. The van der Waals surface area contributed by atoms with Crippen molar-refractivity contribution in [3.05, 3.63) is 48.3 Å². The maximum absolute atomic E-state index is 12.8. The van der Waals surface area contributed by atoms with Gasteiger partial charge < -0.3 is 19.9 Å². The molecule has 1 N–H and O–H groups in total. The molecule has 1 aliphatic rings. The zero-order valence-corrected chi connectivity index (χ0v) is 17.0. The first-order chi connectivity index (χ1) is 13.6. The SMILES string of the molecule is COc1ccccc1N1CCN(C(=O)c2ccc(NCCC(C)C)cn2)CC1. The summed E-state index contributed by atoms with van der Waals surface area (Å²) >= 11 is 0. The van der Waals surface area contributed by atoms with Gasteiger partial charge in [0.2, 0.25) is 0 Å². The van der Waals surface area contributed by atoms with Gasteiger partial charge in [-0.3, -0.25) is 4.79 Å². The van der Waals surface area contributed by atoms with Crippen LogP contribution in [0.25, 0.3) is 0 Å². The molecule has 1 amide bonds. The molecule has 0 bridgehead atoms. The van der Waals surface area contributed by atoms with Crippen molar-refractivity contribution in [3.8, 4) is 5.75 Å². The van der Waals surface area contributed by atoms with E-state index in [2.05, 4.69) is 35.1 Å². The highest BCUT2D eigenvalue weighted by Gasteiger charge is 2.24. The Hall–Kier alpha value is -2.76. The monoisotopic (exact) mass is 382 g/mol. The number of para-hydroxylation sites is 2. The van der Waals surface area contributed by atoms with Gasteiger partial charge in [-0.2, -0.15) is 0 Å². The van der Waals surface area contributed by atoms with Crippen LogP contribution in [0.1, 0.15) is 30.8 Å². The number of carbonyl (C=O) groups is 1. The minimum atomic E-state index is -0.00610. The summed E-state index contributed by atoms with van der Waals surface area (Å²) in [4.78, 5) is 21.3. The summed E-state index contributed by atoms with van der Waals surface area (Å²) in [6.45, 7) is 8.23. The third kappa shape index (κ3) is 4.94. The van der Waals surface area contributed by atoms with E-state index in [4.69, 9.17) is 4.74 Å². The molecule has 28 heavy (non-hydrogen) atoms. The lowest BCUT2D eigenvalue weighted by Crippen LogP contribution is -2.49. The molecule has 0 unspecified atom stereocenters. The maximum atomic E-state index is 12.8. The highest BCUT2D eigenvalue weighted by atomic mass is 16.5. The highest BCUT2D eigenvalue weighted by Crippen LogP contribution is 2.28. The van der Waals surface area contributed by atoms with Crippen molar-refractivity contribution in [1.82, 2.24) is 9.88 Å². The summed E-state index contributed by atoms with van der Waals surface area (Å²) < 4.78 is 5.46. The van der Waals surface area contributed by atoms with E-state index in [0.29, 0.717) is 24.7 Å². The minimum Gasteiger partial charge on any atom is -0.495 e. The summed E-state index contributed by atoms with van der Waals surface area (Å²) in [7, 11) is 1.69. The Balaban J connectivity index is 1.55.